The number of rotatable bonds is 1. The van der Waals surface area contributed by atoms with Crippen LogP contribution in [0.2, 0.25) is 10.2 Å². The first kappa shape index (κ1) is 13.5. The van der Waals surface area contributed by atoms with Crippen molar-refractivity contribution < 1.29 is 0 Å². The van der Waals surface area contributed by atoms with E-state index in [1.165, 1.54) is 11.3 Å². The fourth-order valence-electron chi connectivity index (χ4n) is 1.75. The van der Waals surface area contributed by atoms with Crippen LogP contribution in [0.3, 0.4) is 0 Å². The Labute approximate surface area is 137 Å². The van der Waals surface area contributed by atoms with Crippen molar-refractivity contribution in [2.24, 2.45) is 0 Å². The van der Waals surface area contributed by atoms with E-state index in [0.717, 1.165) is 24.9 Å². The summed E-state index contributed by atoms with van der Waals surface area (Å²) in [4.78, 5) is 9.77. The fourth-order valence-corrected chi connectivity index (χ4v) is 3.68. The number of thiophene rings is 1. The van der Waals surface area contributed by atoms with Gasteiger partial charge in [-0.3, -0.25) is 0 Å². The first-order valence-corrected chi connectivity index (χ1v) is 8.14. The quantitative estimate of drug-likeness (QED) is 0.379. The summed E-state index contributed by atoms with van der Waals surface area (Å²) in [6.07, 6.45) is 0. The van der Waals surface area contributed by atoms with Crippen molar-refractivity contribution >= 4 is 68.0 Å². The zero-order valence-corrected chi connectivity index (χ0v) is 14.2. The average molecular weight is 421 g/mol. The number of halogens is 3. The molecular formula is C13H7Cl2IN2S. The van der Waals surface area contributed by atoms with E-state index in [2.05, 4.69) is 32.6 Å². The molecule has 0 radical (unpaired) electrons. The summed E-state index contributed by atoms with van der Waals surface area (Å²) in [5, 5.41) is 4.01. The van der Waals surface area contributed by atoms with Crippen LogP contribution in [0, 0.1) is 10.5 Å². The lowest BCUT2D eigenvalue weighted by atomic mass is 10.2. The Morgan fingerprint density at radius 2 is 2.00 bits per heavy atom. The van der Waals surface area contributed by atoms with Crippen molar-refractivity contribution in [2.45, 2.75) is 6.92 Å². The molecule has 0 saturated carbocycles. The van der Waals surface area contributed by atoms with Crippen molar-refractivity contribution in [2.75, 3.05) is 0 Å². The Kier molecular flexibility index (Phi) is 3.68. The summed E-state index contributed by atoms with van der Waals surface area (Å²) in [6.45, 7) is 1.97. The van der Waals surface area contributed by atoms with Gasteiger partial charge in [0.2, 0.25) is 0 Å². The average Bonchev–Trinajstić information content (AvgIpc) is 2.71. The van der Waals surface area contributed by atoms with Crippen LogP contribution in [0.1, 0.15) is 5.56 Å². The Hall–Kier alpha value is -0.430. The Morgan fingerprint density at radius 3 is 2.68 bits per heavy atom. The van der Waals surface area contributed by atoms with Gasteiger partial charge in [-0.2, -0.15) is 0 Å². The van der Waals surface area contributed by atoms with Crippen molar-refractivity contribution in [1.29, 1.82) is 0 Å². The topological polar surface area (TPSA) is 25.8 Å². The molecule has 6 heteroatoms. The summed E-state index contributed by atoms with van der Waals surface area (Å²) < 4.78 is 1.10. The molecule has 0 atom stereocenters. The molecule has 1 aromatic carbocycles. The molecular weight excluding hydrogens is 414 g/mol. The van der Waals surface area contributed by atoms with Gasteiger partial charge >= 0.3 is 0 Å². The highest BCUT2D eigenvalue weighted by molar-refractivity contribution is 14.1. The van der Waals surface area contributed by atoms with Crippen LogP contribution >= 0.6 is 57.1 Å². The van der Waals surface area contributed by atoms with E-state index in [4.69, 9.17) is 23.2 Å². The molecule has 3 rings (SSSR count). The standard InChI is InChI=1S/C13H7Cl2IN2S/c1-6-5-19-11(10(6)14)13-17-9-3-2-7(16)4-8(9)12(15)18-13/h2-5H,1H3. The van der Waals surface area contributed by atoms with Gasteiger partial charge in [-0.1, -0.05) is 23.2 Å². The minimum atomic E-state index is 0.459. The molecule has 0 aliphatic rings. The first-order chi connectivity index (χ1) is 9.06. The van der Waals surface area contributed by atoms with E-state index >= 15 is 0 Å². The van der Waals surface area contributed by atoms with Crippen molar-refractivity contribution in [3.05, 3.63) is 42.9 Å². The van der Waals surface area contributed by atoms with Gasteiger partial charge in [0.25, 0.3) is 0 Å². The third-order valence-electron chi connectivity index (χ3n) is 2.71. The van der Waals surface area contributed by atoms with E-state index < -0.39 is 0 Å². The molecule has 0 bridgehead atoms. The highest BCUT2D eigenvalue weighted by Gasteiger charge is 2.14. The number of aryl methyl sites for hydroxylation is 1. The smallest absolute Gasteiger partial charge is 0.173 e. The maximum Gasteiger partial charge on any atom is 0.173 e. The van der Waals surface area contributed by atoms with Gasteiger partial charge in [-0.05, 0) is 58.7 Å². The van der Waals surface area contributed by atoms with E-state index in [9.17, 15) is 0 Å². The van der Waals surface area contributed by atoms with Crippen LogP contribution in [0.4, 0.5) is 0 Å². The third kappa shape index (κ3) is 2.46. The number of benzene rings is 1. The highest BCUT2D eigenvalue weighted by atomic mass is 127. The summed E-state index contributed by atoms with van der Waals surface area (Å²) in [7, 11) is 0. The molecule has 2 heterocycles. The Morgan fingerprint density at radius 1 is 1.21 bits per heavy atom. The zero-order chi connectivity index (χ0) is 13.6. The van der Waals surface area contributed by atoms with Gasteiger partial charge in [-0.25, -0.2) is 9.97 Å². The second-order valence-corrected chi connectivity index (χ2v) is 6.92. The minimum absolute atomic E-state index is 0.459. The third-order valence-corrected chi connectivity index (χ3v) is 5.37. The number of aromatic nitrogens is 2. The highest BCUT2D eigenvalue weighted by Crippen LogP contribution is 2.36. The molecule has 0 spiro atoms. The lowest BCUT2D eigenvalue weighted by molar-refractivity contribution is 1.24. The number of nitrogens with zero attached hydrogens (tertiary/aromatic N) is 2. The number of fused-ring (bicyclic) bond motifs is 1. The Balaban J connectivity index is 2.27. The second-order valence-electron chi connectivity index (χ2n) is 4.06. The van der Waals surface area contributed by atoms with E-state index in [-0.39, 0.29) is 0 Å². The van der Waals surface area contributed by atoms with Crippen LogP contribution in [-0.2, 0) is 0 Å². The number of hydrogen-bond donors (Lipinski definition) is 0. The monoisotopic (exact) mass is 420 g/mol. The predicted octanol–water partition coefficient (Wildman–Crippen LogP) is 5.58. The van der Waals surface area contributed by atoms with Gasteiger partial charge in [0, 0.05) is 8.96 Å². The molecule has 0 aliphatic carbocycles. The van der Waals surface area contributed by atoms with Crippen molar-refractivity contribution in [3.63, 3.8) is 0 Å². The second kappa shape index (κ2) is 5.16. The summed E-state index contributed by atoms with van der Waals surface area (Å²) in [6, 6.07) is 5.92. The summed E-state index contributed by atoms with van der Waals surface area (Å²) in [5.74, 6) is 0.585. The van der Waals surface area contributed by atoms with Gasteiger partial charge in [-0.15, -0.1) is 11.3 Å². The number of hydrogen-bond acceptors (Lipinski definition) is 3. The molecule has 96 valence electrons. The molecule has 0 fully saturated rings. The SMILES string of the molecule is Cc1csc(-c2nc(Cl)c3cc(I)ccc3n2)c1Cl. The molecule has 3 aromatic rings. The van der Waals surface area contributed by atoms with Crippen molar-refractivity contribution in [1.82, 2.24) is 9.97 Å². The van der Waals surface area contributed by atoms with E-state index in [0.29, 0.717) is 16.0 Å². The minimum Gasteiger partial charge on any atom is -0.227 e. The van der Waals surface area contributed by atoms with E-state index in [1.807, 2.05) is 30.5 Å². The molecule has 0 saturated heterocycles. The predicted molar refractivity (Wildman–Crippen MR) is 90.3 cm³/mol. The van der Waals surface area contributed by atoms with Gasteiger partial charge in [0.1, 0.15) is 5.15 Å². The maximum atomic E-state index is 6.26. The molecule has 2 nitrogen and oxygen atoms in total. The van der Waals surface area contributed by atoms with Crippen LogP contribution < -0.4 is 0 Å². The Bertz CT molecular complexity index is 786. The molecule has 0 aliphatic heterocycles. The molecule has 0 unspecified atom stereocenters. The lowest BCUT2D eigenvalue weighted by Crippen LogP contribution is -1.91. The zero-order valence-electron chi connectivity index (χ0n) is 9.75. The van der Waals surface area contributed by atoms with Gasteiger partial charge in [0.05, 0.1) is 15.4 Å². The van der Waals surface area contributed by atoms with Crippen molar-refractivity contribution in [3.8, 4) is 10.7 Å². The first-order valence-electron chi connectivity index (χ1n) is 5.43. The summed E-state index contributed by atoms with van der Waals surface area (Å²) in [5.41, 5.74) is 1.86. The molecule has 0 amide bonds. The summed E-state index contributed by atoms with van der Waals surface area (Å²) >= 11 is 16.3. The van der Waals surface area contributed by atoms with Crippen LogP contribution in [0.25, 0.3) is 21.6 Å². The van der Waals surface area contributed by atoms with Gasteiger partial charge in [0.15, 0.2) is 5.82 Å². The fraction of sp³-hybridized carbons (Fsp3) is 0.0769. The van der Waals surface area contributed by atoms with Crippen LogP contribution in [0.5, 0.6) is 0 Å². The maximum absolute atomic E-state index is 6.26. The van der Waals surface area contributed by atoms with Crippen LogP contribution in [0.15, 0.2) is 23.6 Å². The van der Waals surface area contributed by atoms with E-state index in [1.54, 1.807) is 0 Å². The largest absolute Gasteiger partial charge is 0.227 e. The lowest BCUT2D eigenvalue weighted by Gasteiger charge is -2.04. The molecule has 2 aromatic heterocycles. The molecule has 0 N–H and O–H groups in total. The van der Waals surface area contributed by atoms with Crippen LogP contribution in [-0.4, -0.2) is 9.97 Å². The van der Waals surface area contributed by atoms with Gasteiger partial charge < -0.3 is 0 Å². The molecule has 19 heavy (non-hydrogen) atoms. The normalized spacial score (nSPS) is 11.2.